The van der Waals surface area contributed by atoms with Gasteiger partial charge in [0.15, 0.2) is 5.78 Å². The van der Waals surface area contributed by atoms with E-state index >= 15 is 0 Å². The minimum atomic E-state index is -0.242. The quantitative estimate of drug-likeness (QED) is 0.845. The van der Waals surface area contributed by atoms with Crippen LogP contribution in [0.4, 0.5) is 0 Å². The number of piperazine rings is 1. The van der Waals surface area contributed by atoms with Gasteiger partial charge in [-0.15, -0.1) is 0 Å². The third-order valence-corrected chi connectivity index (χ3v) is 4.71. The predicted molar refractivity (Wildman–Crippen MR) is 86.6 cm³/mol. The number of Topliss-reactive ketones (excluding diaryl/α,β-unsaturated/α-hetero) is 1. The summed E-state index contributed by atoms with van der Waals surface area (Å²) >= 11 is 0. The number of carbonyl (C=O) groups is 2. The van der Waals surface area contributed by atoms with Gasteiger partial charge in [0, 0.05) is 49.7 Å². The van der Waals surface area contributed by atoms with Crippen LogP contribution in [-0.4, -0.2) is 71.9 Å². The molecule has 0 bridgehead atoms. The zero-order valence-electron chi connectivity index (χ0n) is 13.9. The highest BCUT2D eigenvalue weighted by molar-refractivity contribution is 5.98. The molecule has 2 aliphatic rings. The zero-order chi connectivity index (χ0) is 16.4. The predicted octanol–water partition coefficient (Wildman–Crippen LogP) is 1.14. The molecule has 2 aliphatic heterocycles. The van der Waals surface area contributed by atoms with E-state index < -0.39 is 0 Å². The molecule has 3 rings (SSSR count). The number of aromatic nitrogens is 1. The van der Waals surface area contributed by atoms with Crippen LogP contribution >= 0.6 is 0 Å². The second kappa shape index (κ2) is 6.84. The average molecular weight is 319 g/mol. The van der Waals surface area contributed by atoms with Crippen molar-refractivity contribution in [3.05, 3.63) is 23.0 Å². The molecule has 6 nitrogen and oxygen atoms in total. The van der Waals surface area contributed by atoms with Crippen molar-refractivity contribution in [2.45, 2.75) is 32.8 Å². The molecule has 6 heteroatoms. The summed E-state index contributed by atoms with van der Waals surface area (Å²) in [7, 11) is 0. The molecule has 0 saturated carbocycles. The van der Waals surface area contributed by atoms with E-state index in [0.29, 0.717) is 26.2 Å². The molecule has 23 heavy (non-hydrogen) atoms. The van der Waals surface area contributed by atoms with Crippen molar-refractivity contribution in [2.24, 2.45) is 0 Å². The smallest absolute Gasteiger partial charge is 0.251 e. The first-order valence-corrected chi connectivity index (χ1v) is 8.37. The van der Waals surface area contributed by atoms with Crippen LogP contribution in [0.5, 0.6) is 0 Å². The van der Waals surface area contributed by atoms with Crippen molar-refractivity contribution in [2.75, 3.05) is 39.3 Å². The van der Waals surface area contributed by atoms with Crippen LogP contribution in [0.3, 0.4) is 0 Å². The standard InChI is InChI=1S/C17H25N3O3/c1-12-10-14(13(2)18-12)15(21)11-19-5-7-20(8-6-19)17(22)16-4-3-9-23-16/h10,16,18H,3-9,11H2,1-2H3. The van der Waals surface area contributed by atoms with Gasteiger partial charge in [0.05, 0.1) is 6.54 Å². The second-order valence-electron chi connectivity index (χ2n) is 6.52. The fraction of sp³-hybridized carbons (Fsp3) is 0.647. The minimum absolute atomic E-state index is 0.116. The molecule has 0 radical (unpaired) electrons. The van der Waals surface area contributed by atoms with E-state index in [4.69, 9.17) is 4.74 Å². The zero-order valence-corrected chi connectivity index (χ0v) is 13.9. The van der Waals surface area contributed by atoms with Crippen LogP contribution in [0.2, 0.25) is 0 Å². The average Bonchev–Trinajstić information content (AvgIpc) is 3.17. The first-order valence-electron chi connectivity index (χ1n) is 8.37. The Morgan fingerprint density at radius 3 is 2.57 bits per heavy atom. The highest BCUT2D eigenvalue weighted by Gasteiger charge is 2.30. The molecule has 1 N–H and O–H groups in total. The molecule has 1 unspecified atom stereocenters. The van der Waals surface area contributed by atoms with E-state index in [1.165, 1.54) is 0 Å². The second-order valence-corrected chi connectivity index (χ2v) is 6.52. The maximum Gasteiger partial charge on any atom is 0.251 e. The summed E-state index contributed by atoms with van der Waals surface area (Å²) in [5, 5.41) is 0. The summed E-state index contributed by atoms with van der Waals surface area (Å²) < 4.78 is 5.47. The summed E-state index contributed by atoms with van der Waals surface area (Å²) in [5.74, 6) is 0.260. The Kier molecular flexibility index (Phi) is 4.82. The molecular formula is C17H25N3O3. The van der Waals surface area contributed by atoms with E-state index in [0.717, 1.165) is 42.9 Å². The van der Waals surface area contributed by atoms with E-state index in [1.54, 1.807) is 0 Å². The van der Waals surface area contributed by atoms with Gasteiger partial charge >= 0.3 is 0 Å². The number of ether oxygens (including phenoxy) is 1. The number of hydrogen-bond acceptors (Lipinski definition) is 4. The van der Waals surface area contributed by atoms with E-state index in [-0.39, 0.29) is 17.8 Å². The van der Waals surface area contributed by atoms with Crippen LogP contribution in [0.1, 0.15) is 34.6 Å². The Hall–Kier alpha value is -1.66. The topological polar surface area (TPSA) is 65.6 Å². The van der Waals surface area contributed by atoms with Gasteiger partial charge in [-0.1, -0.05) is 0 Å². The molecule has 1 aromatic heterocycles. The van der Waals surface area contributed by atoms with Crippen molar-refractivity contribution in [3.8, 4) is 0 Å². The first-order chi connectivity index (χ1) is 11.0. The lowest BCUT2D eigenvalue weighted by Crippen LogP contribution is -2.52. The summed E-state index contributed by atoms with van der Waals surface area (Å²) in [4.78, 5) is 31.9. The number of nitrogens with one attached hydrogen (secondary N) is 1. The first kappa shape index (κ1) is 16.2. The van der Waals surface area contributed by atoms with Gasteiger partial charge < -0.3 is 14.6 Å². The SMILES string of the molecule is Cc1cc(C(=O)CN2CCN(C(=O)C3CCCO3)CC2)c(C)[nH]1. The number of rotatable bonds is 4. The van der Waals surface area contributed by atoms with Gasteiger partial charge in [0.2, 0.25) is 0 Å². The molecule has 2 saturated heterocycles. The third kappa shape index (κ3) is 3.64. The number of amides is 1. The van der Waals surface area contributed by atoms with Crippen LogP contribution in [0.25, 0.3) is 0 Å². The molecule has 1 atom stereocenters. The van der Waals surface area contributed by atoms with E-state index in [2.05, 4.69) is 9.88 Å². The maximum absolute atomic E-state index is 12.4. The van der Waals surface area contributed by atoms with Crippen molar-refractivity contribution < 1.29 is 14.3 Å². The highest BCUT2D eigenvalue weighted by atomic mass is 16.5. The van der Waals surface area contributed by atoms with E-state index in [9.17, 15) is 9.59 Å². The van der Waals surface area contributed by atoms with Gasteiger partial charge in [0.1, 0.15) is 6.10 Å². The molecule has 1 amide bonds. The summed E-state index contributed by atoms with van der Waals surface area (Å²) in [6.45, 7) is 7.84. The van der Waals surface area contributed by atoms with Gasteiger partial charge in [-0.25, -0.2) is 0 Å². The van der Waals surface area contributed by atoms with Gasteiger partial charge in [-0.05, 0) is 32.8 Å². The number of nitrogens with zero attached hydrogens (tertiary/aromatic N) is 2. The number of ketones is 1. The largest absolute Gasteiger partial charge is 0.368 e. The number of H-pyrrole nitrogens is 1. The van der Waals surface area contributed by atoms with Gasteiger partial charge in [-0.3, -0.25) is 14.5 Å². The van der Waals surface area contributed by atoms with Crippen molar-refractivity contribution >= 4 is 11.7 Å². The lowest BCUT2D eigenvalue weighted by molar-refractivity contribution is -0.142. The van der Waals surface area contributed by atoms with Crippen LogP contribution in [0, 0.1) is 13.8 Å². The highest BCUT2D eigenvalue weighted by Crippen LogP contribution is 2.16. The number of aryl methyl sites for hydroxylation is 2. The molecule has 126 valence electrons. The van der Waals surface area contributed by atoms with E-state index in [1.807, 2.05) is 24.8 Å². The lowest BCUT2D eigenvalue weighted by atomic mass is 10.1. The summed E-state index contributed by atoms with van der Waals surface area (Å²) in [6.07, 6.45) is 1.57. The Morgan fingerprint density at radius 2 is 2.00 bits per heavy atom. The fourth-order valence-corrected chi connectivity index (χ4v) is 3.40. The van der Waals surface area contributed by atoms with Crippen molar-refractivity contribution in [3.63, 3.8) is 0 Å². The summed E-state index contributed by atoms with van der Waals surface area (Å²) in [6, 6.07) is 1.91. The van der Waals surface area contributed by atoms with Gasteiger partial charge in [0.25, 0.3) is 5.91 Å². The van der Waals surface area contributed by atoms with Crippen LogP contribution in [0.15, 0.2) is 6.07 Å². The molecule has 3 heterocycles. The Morgan fingerprint density at radius 1 is 1.26 bits per heavy atom. The summed E-state index contributed by atoms with van der Waals surface area (Å²) in [5.41, 5.74) is 2.72. The number of carbonyl (C=O) groups excluding carboxylic acids is 2. The van der Waals surface area contributed by atoms with Gasteiger partial charge in [-0.2, -0.15) is 0 Å². The molecule has 0 spiro atoms. The monoisotopic (exact) mass is 319 g/mol. The lowest BCUT2D eigenvalue weighted by Gasteiger charge is -2.35. The van der Waals surface area contributed by atoms with Crippen molar-refractivity contribution in [1.29, 1.82) is 0 Å². The Bertz CT molecular complexity index is 582. The molecule has 0 aliphatic carbocycles. The Balaban J connectivity index is 1.50. The molecule has 0 aromatic carbocycles. The number of hydrogen-bond donors (Lipinski definition) is 1. The third-order valence-electron chi connectivity index (χ3n) is 4.71. The molecule has 1 aromatic rings. The van der Waals surface area contributed by atoms with Crippen LogP contribution < -0.4 is 0 Å². The van der Waals surface area contributed by atoms with Crippen molar-refractivity contribution in [1.82, 2.24) is 14.8 Å². The minimum Gasteiger partial charge on any atom is -0.368 e. The fourth-order valence-electron chi connectivity index (χ4n) is 3.40. The molecule has 2 fully saturated rings. The molecular weight excluding hydrogens is 294 g/mol. The normalized spacial score (nSPS) is 22.5. The number of aromatic amines is 1. The Labute approximate surface area is 136 Å². The van der Waals surface area contributed by atoms with Crippen LogP contribution in [-0.2, 0) is 9.53 Å². The maximum atomic E-state index is 12.4.